The second-order valence-corrected chi connectivity index (χ2v) is 5.52. The summed E-state index contributed by atoms with van der Waals surface area (Å²) in [5, 5.41) is 0. The molecule has 4 nitrogen and oxygen atoms in total. The summed E-state index contributed by atoms with van der Waals surface area (Å²) < 4.78 is 10.5. The predicted octanol–water partition coefficient (Wildman–Crippen LogP) is 3.76. The van der Waals surface area contributed by atoms with Gasteiger partial charge in [0.15, 0.2) is 5.41 Å². The summed E-state index contributed by atoms with van der Waals surface area (Å²) in [6, 6.07) is 9.90. The summed E-state index contributed by atoms with van der Waals surface area (Å²) in [5.74, 6) is -0.970. The number of allylic oxidation sites excluding steroid dienone is 1. The number of carbonyl (C=O) groups is 2. The lowest BCUT2D eigenvalue weighted by Gasteiger charge is -2.27. The number of hydrogen-bond donors (Lipinski definition) is 0. The minimum atomic E-state index is -1.29. The van der Waals surface area contributed by atoms with Gasteiger partial charge in [-0.15, -0.1) is 0 Å². The molecule has 0 radical (unpaired) electrons. The molecule has 23 heavy (non-hydrogen) atoms. The molecule has 1 aromatic rings. The third-order valence-electron chi connectivity index (χ3n) is 4.35. The molecular weight excluding hydrogens is 292 g/mol. The number of ether oxygens (including phenoxy) is 2. The highest BCUT2D eigenvalue weighted by molar-refractivity contribution is 6.07. The summed E-state index contributed by atoms with van der Waals surface area (Å²) in [7, 11) is 0. The molecule has 0 unspecified atom stereocenters. The van der Waals surface area contributed by atoms with Crippen molar-refractivity contribution in [2.45, 2.75) is 40.0 Å². The van der Waals surface area contributed by atoms with Crippen LogP contribution in [0.1, 0.15) is 45.6 Å². The quantitative estimate of drug-likeness (QED) is 0.592. The van der Waals surface area contributed by atoms with Crippen LogP contribution >= 0.6 is 0 Å². The zero-order valence-corrected chi connectivity index (χ0v) is 14.1. The average molecular weight is 316 g/mol. The van der Waals surface area contributed by atoms with Crippen molar-refractivity contribution in [1.82, 2.24) is 0 Å². The third kappa shape index (κ3) is 3.03. The SMILES string of the molecule is CCOC(=O)C1(C(=O)OCC)CCC(c2ccccc2)=C1CC. The topological polar surface area (TPSA) is 52.6 Å². The number of rotatable bonds is 6. The number of hydrogen-bond acceptors (Lipinski definition) is 4. The second-order valence-electron chi connectivity index (χ2n) is 5.52. The van der Waals surface area contributed by atoms with Crippen LogP contribution in [0.5, 0.6) is 0 Å². The van der Waals surface area contributed by atoms with Gasteiger partial charge in [0.2, 0.25) is 0 Å². The fourth-order valence-electron chi connectivity index (χ4n) is 3.39. The molecule has 0 aliphatic heterocycles. The lowest BCUT2D eigenvalue weighted by Crippen LogP contribution is -2.42. The summed E-state index contributed by atoms with van der Waals surface area (Å²) in [6.07, 6.45) is 1.70. The Bertz CT molecular complexity index is 583. The van der Waals surface area contributed by atoms with Crippen LogP contribution in [0, 0.1) is 5.41 Å². The largest absolute Gasteiger partial charge is 0.465 e. The Kier molecular flexibility index (Phi) is 5.59. The van der Waals surface area contributed by atoms with E-state index >= 15 is 0 Å². The minimum Gasteiger partial charge on any atom is -0.465 e. The van der Waals surface area contributed by atoms with E-state index in [9.17, 15) is 9.59 Å². The van der Waals surface area contributed by atoms with Gasteiger partial charge in [0.1, 0.15) is 0 Å². The fourth-order valence-corrected chi connectivity index (χ4v) is 3.39. The van der Waals surface area contributed by atoms with Crippen molar-refractivity contribution in [3.8, 4) is 0 Å². The molecule has 0 fully saturated rings. The van der Waals surface area contributed by atoms with Gasteiger partial charge in [0.05, 0.1) is 13.2 Å². The van der Waals surface area contributed by atoms with Crippen molar-refractivity contribution in [2.24, 2.45) is 5.41 Å². The van der Waals surface area contributed by atoms with Gasteiger partial charge in [0, 0.05) is 0 Å². The molecule has 1 aliphatic rings. The van der Waals surface area contributed by atoms with Crippen molar-refractivity contribution in [2.75, 3.05) is 13.2 Å². The monoisotopic (exact) mass is 316 g/mol. The van der Waals surface area contributed by atoms with Crippen LogP contribution in [-0.2, 0) is 19.1 Å². The molecule has 0 saturated heterocycles. The highest BCUT2D eigenvalue weighted by Crippen LogP contribution is 2.50. The number of esters is 2. The van der Waals surface area contributed by atoms with Crippen molar-refractivity contribution in [3.63, 3.8) is 0 Å². The smallest absolute Gasteiger partial charge is 0.327 e. The maximum Gasteiger partial charge on any atom is 0.327 e. The Hall–Kier alpha value is -2.10. The van der Waals surface area contributed by atoms with E-state index in [1.165, 1.54) is 0 Å². The number of carbonyl (C=O) groups excluding carboxylic acids is 2. The Morgan fingerprint density at radius 3 is 2.04 bits per heavy atom. The highest BCUT2D eigenvalue weighted by Gasteiger charge is 2.55. The van der Waals surface area contributed by atoms with Gasteiger partial charge in [-0.2, -0.15) is 0 Å². The molecule has 0 saturated carbocycles. The molecule has 0 amide bonds. The molecule has 1 aromatic carbocycles. The molecule has 0 spiro atoms. The standard InChI is InChI=1S/C19H24O4/c1-4-16-15(14-10-8-7-9-11-14)12-13-19(16,17(20)22-5-2)18(21)23-6-3/h7-11H,4-6,12-13H2,1-3H3. The molecular formula is C19H24O4. The molecule has 0 heterocycles. The van der Waals surface area contributed by atoms with Crippen molar-refractivity contribution in [3.05, 3.63) is 41.5 Å². The van der Waals surface area contributed by atoms with Gasteiger partial charge < -0.3 is 9.47 Å². The normalized spacial score (nSPS) is 16.3. The van der Waals surface area contributed by atoms with Crippen molar-refractivity contribution in [1.29, 1.82) is 0 Å². The first-order valence-electron chi connectivity index (χ1n) is 8.24. The Labute approximate surface area is 137 Å². The van der Waals surface area contributed by atoms with Gasteiger partial charge in [0.25, 0.3) is 0 Å². The Morgan fingerprint density at radius 1 is 1.00 bits per heavy atom. The summed E-state index contributed by atoms with van der Waals surface area (Å²) in [5.41, 5.74) is 1.67. The van der Waals surface area contributed by atoms with Crippen LogP contribution in [0.4, 0.5) is 0 Å². The Balaban J connectivity index is 2.56. The van der Waals surface area contributed by atoms with Gasteiger partial charge in [-0.05, 0) is 49.8 Å². The van der Waals surface area contributed by atoms with Crippen LogP contribution in [0.3, 0.4) is 0 Å². The Morgan fingerprint density at radius 2 is 1.57 bits per heavy atom. The van der Waals surface area contributed by atoms with Gasteiger partial charge in [-0.1, -0.05) is 37.3 Å². The molecule has 2 rings (SSSR count). The number of benzene rings is 1. The lowest BCUT2D eigenvalue weighted by molar-refractivity contribution is -0.168. The molecule has 0 bridgehead atoms. The zero-order chi connectivity index (χ0) is 16.9. The van der Waals surface area contributed by atoms with E-state index in [4.69, 9.17) is 9.47 Å². The minimum absolute atomic E-state index is 0.248. The van der Waals surface area contributed by atoms with E-state index in [0.29, 0.717) is 19.3 Å². The van der Waals surface area contributed by atoms with E-state index in [1.54, 1.807) is 13.8 Å². The van der Waals surface area contributed by atoms with E-state index in [2.05, 4.69) is 0 Å². The summed E-state index contributed by atoms with van der Waals surface area (Å²) >= 11 is 0. The molecule has 124 valence electrons. The highest BCUT2D eigenvalue weighted by atomic mass is 16.6. The molecule has 4 heteroatoms. The molecule has 0 aromatic heterocycles. The maximum absolute atomic E-state index is 12.7. The summed E-state index contributed by atoms with van der Waals surface area (Å²) in [4.78, 5) is 25.3. The predicted molar refractivity (Wildman–Crippen MR) is 88.6 cm³/mol. The van der Waals surface area contributed by atoms with Crippen LogP contribution in [0.15, 0.2) is 35.9 Å². The average Bonchev–Trinajstić information content (AvgIpc) is 2.96. The summed E-state index contributed by atoms with van der Waals surface area (Å²) in [6.45, 7) is 5.96. The third-order valence-corrected chi connectivity index (χ3v) is 4.35. The van der Waals surface area contributed by atoms with E-state index < -0.39 is 17.4 Å². The van der Waals surface area contributed by atoms with Gasteiger partial charge in [-0.3, -0.25) is 9.59 Å². The van der Waals surface area contributed by atoms with Crippen LogP contribution < -0.4 is 0 Å². The second kappa shape index (κ2) is 7.44. The van der Waals surface area contributed by atoms with E-state index in [1.807, 2.05) is 37.3 Å². The van der Waals surface area contributed by atoms with Gasteiger partial charge in [-0.25, -0.2) is 0 Å². The lowest BCUT2D eigenvalue weighted by atomic mass is 9.79. The van der Waals surface area contributed by atoms with Crippen LogP contribution in [0.2, 0.25) is 0 Å². The molecule has 0 atom stereocenters. The first-order chi connectivity index (χ1) is 11.1. The maximum atomic E-state index is 12.7. The van der Waals surface area contributed by atoms with Crippen molar-refractivity contribution < 1.29 is 19.1 Å². The van der Waals surface area contributed by atoms with Crippen LogP contribution in [-0.4, -0.2) is 25.2 Å². The van der Waals surface area contributed by atoms with Crippen LogP contribution in [0.25, 0.3) is 5.57 Å². The molecule has 1 aliphatic carbocycles. The zero-order valence-electron chi connectivity index (χ0n) is 14.1. The van der Waals surface area contributed by atoms with E-state index in [0.717, 1.165) is 16.7 Å². The van der Waals surface area contributed by atoms with Gasteiger partial charge >= 0.3 is 11.9 Å². The molecule has 0 N–H and O–H groups in total. The fraction of sp³-hybridized carbons (Fsp3) is 0.474. The first kappa shape index (κ1) is 17.3. The van der Waals surface area contributed by atoms with E-state index in [-0.39, 0.29) is 13.2 Å². The van der Waals surface area contributed by atoms with Crippen molar-refractivity contribution >= 4 is 17.5 Å². The first-order valence-corrected chi connectivity index (χ1v) is 8.24.